The van der Waals surface area contributed by atoms with Crippen molar-refractivity contribution >= 4 is 11.7 Å². The quantitative estimate of drug-likeness (QED) is 0.857. The molecule has 0 radical (unpaired) electrons. The van der Waals surface area contributed by atoms with Gasteiger partial charge in [-0.15, -0.1) is 0 Å². The molecule has 0 unspecified atom stereocenters. The fourth-order valence-corrected chi connectivity index (χ4v) is 3.24. The maximum atomic E-state index is 12.4. The number of amides is 2. The van der Waals surface area contributed by atoms with Crippen molar-refractivity contribution in [3.8, 4) is 0 Å². The lowest BCUT2D eigenvalue weighted by atomic mass is 10.1. The summed E-state index contributed by atoms with van der Waals surface area (Å²) in [5.41, 5.74) is 2.05. The molecule has 1 atom stereocenters. The van der Waals surface area contributed by atoms with Gasteiger partial charge in [0.2, 0.25) is 0 Å². The first-order valence-corrected chi connectivity index (χ1v) is 8.55. The highest BCUT2D eigenvalue weighted by Gasteiger charge is 2.25. The van der Waals surface area contributed by atoms with E-state index in [-0.39, 0.29) is 6.03 Å². The molecular weight excluding hydrogens is 302 g/mol. The molecule has 6 heteroatoms. The zero-order valence-electron chi connectivity index (χ0n) is 14.1. The summed E-state index contributed by atoms with van der Waals surface area (Å²) < 4.78 is 0. The molecule has 2 heterocycles. The van der Waals surface area contributed by atoms with Gasteiger partial charge in [0.15, 0.2) is 0 Å². The zero-order chi connectivity index (χ0) is 16.8. The Morgan fingerprint density at radius 2 is 2.25 bits per heavy atom. The van der Waals surface area contributed by atoms with Gasteiger partial charge in [0.25, 0.3) is 0 Å². The molecule has 2 N–H and O–H groups in total. The summed E-state index contributed by atoms with van der Waals surface area (Å²) in [7, 11) is 0. The molecule has 1 aliphatic heterocycles. The Labute approximate surface area is 142 Å². The Bertz CT molecular complexity index is 628. The van der Waals surface area contributed by atoms with E-state index < -0.39 is 0 Å². The molecule has 24 heavy (non-hydrogen) atoms. The average molecular weight is 327 g/mol. The highest BCUT2D eigenvalue weighted by Crippen LogP contribution is 2.20. The molecule has 1 aromatic heterocycles. The number of hydrogen-bond donors (Lipinski definition) is 2. The molecule has 0 bridgehead atoms. The smallest absolute Gasteiger partial charge is 0.321 e. The summed E-state index contributed by atoms with van der Waals surface area (Å²) in [4.78, 5) is 16.7. The Kier molecular flexibility index (Phi) is 5.48. The minimum Gasteiger partial charge on any atom is -0.324 e. The number of aromatic nitrogens is 2. The fourth-order valence-electron chi connectivity index (χ4n) is 3.24. The molecule has 1 saturated heterocycles. The maximum absolute atomic E-state index is 12.4. The predicted octanol–water partition coefficient (Wildman–Crippen LogP) is 2.79. The highest BCUT2D eigenvalue weighted by atomic mass is 16.2. The van der Waals surface area contributed by atoms with E-state index in [4.69, 9.17) is 0 Å². The standard InChI is InChI=1S/C18H25N5O/c1-2-23(18(24)21-17-10-19-20-11-17)14-16-8-9-22(13-16)12-15-6-4-3-5-7-15/h3-7,10-11,16H,2,8-9,12-14H2,1H3,(H,19,20)(H,21,24)/t16-/m0/s1. The first-order valence-electron chi connectivity index (χ1n) is 8.55. The Morgan fingerprint density at radius 1 is 1.42 bits per heavy atom. The molecule has 6 nitrogen and oxygen atoms in total. The van der Waals surface area contributed by atoms with Crippen LogP contribution in [0.2, 0.25) is 0 Å². The Hall–Kier alpha value is -2.34. The van der Waals surface area contributed by atoms with E-state index in [1.165, 1.54) is 5.56 Å². The molecule has 2 aromatic rings. The van der Waals surface area contributed by atoms with E-state index in [9.17, 15) is 4.79 Å². The molecule has 0 saturated carbocycles. The van der Waals surface area contributed by atoms with Gasteiger partial charge in [-0.25, -0.2) is 4.79 Å². The lowest BCUT2D eigenvalue weighted by molar-refractivity contribution is 0.203. The highest BCUT2D eigenvalue weighted by molar-refractivity contribution is 5.88. The van der Waals surface area contributed by atoms with Crippen LogP contribution >= 0.6 is 0 Å². The van der Waals surface area contributed by atoms with Gasteiger partial charge in [-0.1, -0.05) is 30.3 Å². The van der Waals surface area contributed by atoms with Gasteiger partial charge in [0.05, 0.1) is 11.9 Å². The lowest BCUT2D eigenvalue weighted by Gasteiger charge is -2.24. The van der Waals surface area contributed by atoms with Crippen molar-refractivity contribution < 1.29 is 4.79 Å². The molecule has 2 amide bonds. The molecule has 3 rings (SSSR count). The summed E-state index contributed by atoms with van der Waals surface area (Å²) >= 11 is 0. The molecule has 0 spiro atoms. The first-order chi connectivity index (χ1) is 11.7. The normalized spacial score (nSPS) is 17.8. The minimum atomic E-state index is -0.0552. The van der Waals surface area contributed by atoms with Crippen molar-refractivity contribution in [1.29, 1.82) is 0 Å². The van der Waals surface area contributed by atoms with Crippen molar-refractivity contribution in [2.24, 2.45) is 5.92 Å². The number of likely N-dealkylation sites (tertiary alicyclic amines) is 1. The van der Waals surface area contributed by atoms with Gasteiger partial charge in [0.1, 0.15) is 0 Å². The Morgan fingerprint density at radius 3 is 2.96 bits per heavy atom. The monoisotopic (exact) mass is 327 g/mol. The number of nitrogens with one attached hydrogen (secondary N) is 2. The summed E-state index contributed by atoms with van der Waals surface area (Å²) in [6, 6.07) is 10.5. The Balaban J connectivity index is 1.49. The number of rotatable bonds is 6. The number of anilines is 1. The molecule has 1 aromatic carbocycles. The summed E-state index contributed by atoms with van der Waals surface area (Å²) in [6.07, 6.45) is 4.44. The molecule has 1 aliphatic rings. The van der Waals surface area contributed by atoms with Crippen LogP contribution in [-0.2, 0) is 6.54 Å². The van der Waals surface area contributed by atoms with Crippen molar-refractivity contribution in [2.45, 2.75) is 19.9 Å². The maximum Gasteiger partial charge on any atom is 0.321 e. The van der Waals surface area contributed by atoms with Gasteiger partial charge >= 0.3 is 6.03 Å². The van der Waals surface area contributed by atoms with Crippen LogP contribution in [0.4, 0.5) is 10.5 Å². The van der Waals surface area contributed by atoms with Crippen molar-refractivity contribution in [2.75, 3.05) is 31.5 Å². The van der Waals surface area contributed by atoms with Gasteiger partial charge in [-0.2, -0.15) is 5.10 Å². The van der Waals surface area contributed by atoms with Gasteiger partial charge < -0.3 is 10.2 Å². The SMILES string of the molecule is CCN(C[C@H]1CCN(Cc2ccccc2)C1)C(=O)Nc1cn[nH]c1. The molecular formula is C18H25N5O. The van der Waals surface area contributed by atoms with Crippen LogP contribution in [0.15, 0.2) is 42.7 Å². The predicted molar refractivity (Wildman–Crippen MR) is 94.7 cm³/mol. The number of carbonyl (C=O) groups excluding carboxylic acids is 1. The summed E-state index contributed by atoms with van der Waals surface area (Å²) in [5, 5.41) is 9.43. The second kappa shape index (κ2) is 7.97. The third-order valence-electron chi connectivity index (χ3n) is 4.52. The summed E-state index contributed by atoms with van der Waals surface area (Å²) in [5.74, 6) is 0.531. The van der Waals surface area contributed by atoms with Crippen LogP contribution < -0.4 is 5.32 Å². The second-order valence-corrected chi connectivity index (χ2v) is 6.33. The van der Waals surface area contributed by atoms with Gasteiger partial charge in [0, 0.05) is 32.4 Å². The second-order valence-electron chi connectivity index (χ2n) is 6.33. The zero-order valence-corrected chi connectivity index (χ0v) is 14.1. The largest absolute Gasteiger partial charge is 0.324 e. The number of nitrogens with zero attached hydrogens (tertiary/aromatic N) is 3. The molecule has 128 valence electrons. The first kappa shape index (κ1) is 16.5. The lowest BCUT2D eigenvalue weighted by Crippen LogP contribution is -2.39. The molecule has 0 aliphatic carbocycles. The number of benzene rings is 1. The van der Waals surface area contributed by atoms with Gasteiger partial charge in [-0.3, -0.25) is 10.00 Å². The topological polar surface area (TPSA) is 64.3 Å². The summed E-state index contributed by atoms with van der Waals surface area (Å²) in [6.45, 7) is 6.66. The number of H-pyrrole nitrogens is 1. The average Bonchev–Trinajstić information content (AvgIpc) is 3.25. The third kappa shape index (κ3) is 4.35. The van der Waals surface area contributed by atoms with E-state index in [0.717, 1.165) is 32.6 Å². The van der Waals surface area contributed by atoms with E-state index in [1.807, 2.05) is 17.9 Å². The van der Waals surface area contributed by atoms with Crippen molar-refractivity contribution in [3.05, 3.63) is 48.3 Å². The van der Waals surface area contributed by atoms with Crippen LogP contribution in [0, 0.1) is 5.92 Å². The minimum absolute atomic E-state index is 0.0552. The van der Waals surface area contributed by atoms with Crippen LogP contribution in [0.1, 0.15) is 18.9 Å². The third-order valence-corrected chi connectivity index (χ3v) is 4.52. The number of carbonyl (C=O) groups is 1. The van der Waals surface area contributed by atoms with Crippen LogP contribution in [-0.4, -0.2) is 52.2 Å². The number of aromatic amines is 1. The number of hydrogen-bond acceptors (Lipinski definition) is 3. The van der Waals surface area contributed by atoms with Crippen LogP contribution in [0.3, 0.4) is 0 Å². The van der Waals surface area contributed by atoms with Crippen LogP contribution in [0.25, 0.3) is 0 Å². The van der Waals surface area contributed by atoms with E-state index in [0.29, 0.717) is 18.2 Å². The van der Waals surface area contributed by atoms with E-state index in [2.05, 4.69) is 44.7 Å². The number of urea groups is 1. The fraction of sp³-hybridized carbons (Fsp3) is 0.444. The van der Waals surface area contributed by atoms with Crippen LogP contribution in [0.5, 0.6) is 0 Å². The van der Waals surface area contributed by atoms with E-state index in [1.54, 1.807) is 12.4 Å². The van der Waals surface area contributed by atoms with E-state index >= 15 is 0 Å². The van der Waals surface area contributed by atoms with Crippen molar-refractivity contribution in [3.63, 3.8) is 0 Å². The van der Waals surface area contributed by atoms with Crippen molar-refractivity contribution in [1.82, 2.24) is 20.0 Å². The molecule has 1 fully saturated rings. The van der Waals surface area contributed by atoms with Gasteiger partial charge in [-0.05, 0) is 31.4 Å².